The number of nitrogens with one attached hydrogen (secondary N) is 1. The summed E-state index contributed by atoms with van der Waals surface area (Å²) in [4.78, 5) is 18.0. The summed E-state index contributed by atoms with van der Waals surface area (Å²) in [5.74, 6) is 0.567. The molecule has 0 aliphatic carbocycles. The molecule has 1 saturated heterocycles. The van der Waals surface area contributed by atoms with Crippen LogP contribution in [0.25, 0.3) is 0 Å². The first-order chi connectivity index (χ1) is 7.22. The molecule has 1 aliphatic heterocycles. The topological polar surface area (TPSA) is 50.2 Å². The van der Waals surface area contributed by atoms with Gasteiger partial charge in [-0.25, -0.2) is 4.98 Å². The number of likely N-dealkylation sites (N-methyl/N-ethyl adjacent to an activating group) is 1. The molecule has 2 rings (SSSR count). The van der Waals surface area contributed by atoms with Gasteiger partial charge < -0.3 is 14.8 Å². The zero-order valence-corrected chi connectivity index (χ0v) is 9.10. The van der Waals surface area contributed by atoms with Gasteiger partial charge in [0.15, 0.2) is 5.82 Å². The molecule has 0 bridgehead atoms. The summed E-state index contributed by atoms with van der Waals surface area (Å²) in [7, 11) is 3.70. The Morgan fingerprint density at radius 1 is 1.60 bits per heavy atom. The lowest BCUT2D eigenvalue weighted by Crippen LogP contribution is -2.34. The highest BCUT2D eigenvalue weighted by atomic mass is 16.1. The average Bonchev–Trinajstić information content (AvgIpc) is 2.70. The van der Waals surface area contributed by atoms with Crippen molar-refractivity contribution in [2.75, 3.05) is 25.0 Å². The first kappa shape index (κ1) is 10.2. The van der Waals surface area contributed by atoms with Gasteiger partial charge in [-0.2, -0.15) is 0 Å². The molecular weight excluding hydrogens is 192 g/mol. The standard InChI is InChI=1S/C10H16N4O/c1-11-8-3-5-14(7-8)9-10(15)13(2)6-4-12-9/h4,6,8,11H,3,5,7H2,1-2H3. The molecule has 5 heteroatoms. The molecule has 15 heavy (non-hydrogen) atoms. The lowest BCUT2D eigenvalue weighted by Gasteiger charge is -2.16. The number of aryl methyl sites for hydroxylation is 1. The summed E-state index contributed by atoms with van der Waals surface area (Å²) in [6.45, 7) is 1.76. The maximum atomic E-state index is 11.8. The van der Waals surface area contributed by atoms with E-state index in [1.165, 1.54) is 0 Å². The van der Waals surface area contributed by atoms with Crippen LogP contribution >= 0.6 is 0 Å². The fourth-order valence-corrected chi connectivity index (χ4v) is 1.89. The molecule has 1 N–H and O–H groups in total. The van der Waals surface area contributed by atoms with E-state index in [0.29, 0.717) is 11.9 Å². The van der Waals surface area contributed by atoms with E-state index in [9.17, 15) is 4.79 Å². The van der Waals surface area contributed by atoms with Gasteiger partial charge in [0.05, 0.1) is 0 Å². The Morgan fingerprint density at radius 2 is 2.40 bits per heavy atom. The van der Waals surface area contributed by atoms with E-state index in [1.807, 2.05) is 11.9 Å². The molecule has 1 unspecified atom stereocenters. The van der Waals surface area contributed by atoms with Crippen molar-refractivity contribution < 1.29 is 0 Å². The minimum atomic E-state index is -0.0192. The van der Waals surface area contributed by atoms with Gasteiger partial charge in [-0.3, -0.25) is 4.79 Å². The average molecular weight is 208 g/mol. The predicted octanol–water partition coefficient (Wildman–Crippen LogP) is -0.422. The number of aromatic nitrogens is 2. The molecule has 82 valence electrons. The van der Waals surface area contributed by atoms with Crippen molar-refractivity contribution in [3.8, 4) is 0 Å². The minimum absolute atomic E-state index is 0.0192. The maximum absolute atomic E-state index is 11.8. The Morgan fingerprint density at radius 3 is 3.07 bits per heavy atom. The fraction of sp³-hybridized carbons (Fsp3) is 0.600. The molecule has 0 saturated carbocycles. The normalized spacial score (nSPS) is 20.9. The molecule has 0 spiro atoms. The molecule has 5 nitrogen and oxygen atoms in total. The van der Waals surface area contributed by atoms with E-state index in [1.54, 1.807) is 24.0 Å². The van der Waals surface area contributed by atoms with Crippen molar-refractivity contribution in [1.82, 2.24) is 14.9 Å². The lowest BCUT2D eigenvalue weighted by atomic mass is 10.3. The fourth-order valence-electron chi connectivity index (χ4n) is 1.89. The Balaban J connectivity index is 2.24. The van der Waals surface area contributed by atoms with Crippen molar-refractivity contribution in [2.24, 2.45) is 7.05 Å². The SMILES string of the molecule is CNC1CCN(c2nccn(C)c2=O)C1. The summed E-state index contributed by atoms with van der Waals surface area (Å²) in [6.07, 6.45) is 4.41. The van der Waals surface area contributed by atoms with Crippen molar-refractivity contribution in [2.45, 2.75) is 12.5 Å². The Labute approximate surface area is 88.7 Å². The summed E-state index contributed by atoms with van der Waals surface area (Å²) in [5.41, 5.74) is -0.0192. The number of hydrogen-bond acceptors (Lipinski definition) is 4. The summed E-state index contributed by atoms with van der Waals surface area (Å²) in [5, 5.41) is 3.22. The number of nitrogens with zero attached hydrogens (tertiary/aromatic N) is 3. The second-order valence-corrected chi connectivity index (χ2v) is 3.89. The highest BCUT2D eigenvalue weighted by molar-refractivity contribution is 5.37. The van der Waals surface area contributed by atoms with Crippen LogP contribution in [0.3, 0.4) is 0 Å². The van der Waals surface area contributed by atoms with Crippen LogP contribution < -0.4 is 15.8 Å². The molecule has 1 fully saturated rings. The van der Waals surface area contributed by atoms with Gasteiger partial charge in [0.2, 0.25) is 0 Å². The first-order valence-corrected chi connectivity index (χ1v) is 5.16. The monoisotopic (exact) mass is 208 g/mol. The Hall–Kier alpha value is -1.36. The summed E-state index contributed by atoms with van der Waals surface area (Å²) < 4.78 is 1.56. The summed E-state index contributed by atoms with van der Waals surface area (Å²) >= 11 is 0. The molecule has 2 heterocycles. The third-order valence-electron chi connectivity index (χ3n) is 2.89. The Kier molecular flexibility index (Phi) is 2.73. The quantitative estimate of drug-likeness (QED) is 0.717. The van der Waals surface area contributed by atoms with E-state index >= 15 is 0 Å². The van der Waals surface area contributed by atoms with E-state index in [-0.39, 0.29) is 5.56 Å². The molecular formula is C10H16N4O. The molecule has 1 aromatic rings. The Bertz CT molecular complexity index is 401. The second kappa shape index (κ2) is 4.02. The van der Waals surface area contributed by atoms with Crippen LogP contribution in [0.5, 0.6) is 0 Å². The smallest absolute Gasteiger partial charge is 0.293 e. The van der Waals surface area contributed by atoms with E-state index in [0.717, 1.165) is 19.5 Å². The van der Waals surface area contributed by atoms with Crippen molar-refractivity contribution >= 4 is 5.82 Å². The lowest BCUT2D eigenvalue weighted by molar-refractivity contribution is 0.616. The van der Waals surface area contributed by atoms with E-state index in [4.69, 9.17) is 0 Å². The third kappa shape index (κ3) is 1.87. The zero-order valence-electron chi connectivity index (χ0n) is 9.10. The van der Waals surface area contributed by atoms with Crippen molar-refractivity contribution in [3.63, 3.8) is 0 Å². The molecule has 0 aromatic carbocycles. The molecule has 0 amide bonds. The number of rotatable bonds is 2. The number of anilines is 1. The molecule has 1 aromatic heterocycles. The highest BCUT2D eigenvalue weighted by Crippen LogP contribution is 2.13. The first-order valence-electron chi connectivity index (χ1n) is 5.16. The van der Waals surface area contributed by atoms with Gasteiger partial charge in [0.1, 0.15) is 0 Å². The van der Waals surface area contributed by atoms with Crippen molar-refractivity contribution in [1.29, 1.82) is 0 Å². The van der Waals surface area contributed by atoms with Gasteiger partial charge in [-0.05, 0) is 13.5 Å². The van der Waals surface area contributed by atoms with Gasteiger partial charge in [-0.1, -0.05) is 0 Å². The van der Waals surface area contributed by atoms with Gasteiger partial charge in [-0.15, -0.1) is 0 Å². The minimum Gasteiger partial charge on any atom is -0.350 e. The summed E-state index contributed by atoms with van der Waals surface area (Å²) in [6, 6.07) is 0.469. The third-order valence-corrected chi connectivity index (χ3v) is 2.89. The van der Waals surface area contributed by atoms with Crippen LogP contribution in [0.2, 0.25) is 0 Å². The molecule has 1 aliphatic rings. The number of hydrogen-bond donors (Lipinski definition) is 1. The van der Waals surface area contributed by atoms with Crippen LogP contribution in [0.15, 0.2) is 17.2 Å². The second-order valence-electron chi connectivity index (χ2n) is 3.89. The highest BCUT2D eigenvalue weighted by Gasteiger charge is 2.23. The van der Waals surface area contributed by atoms with Crippen molar-refractivity contribution in [3.05, 3.63) is 22.7 Å². The van der Waals surface area contributed by atoms with E-state index < -0.39 is 0 Å². The predicted molar refractivity (Wildman–Crippen MR) is 59.2 cm³/mol. The maximum Gasteiger partial charge on any atom is 0.293 e. The van der Waals surface area contributed by atoms with Crippen LogP contribution in [-0.2, 0) is 7.05 Å². The van der Waals surface area contributed by atoms with Gasteiger partial charge in [0, 0.05) is 38.6 Å². The van der Waals surface area contributed by atoms with Crippen LogP contribution in [-0.4, -0.2) is 35.7 Å². The largest absolute Gasteiger partial charge is 0.350 e. The van der Waals surface area contributed by atoms with Crippen LogP contribution in [0, 0.1) is 0 Å². The van der Waals surface area contributed by atoms with E-state index in [2.05, 4.69) is 10.3 Å². The van der Waals surface area contributed by atoms with Gasteiger partial charge in [0.25, 0.3) is 5.56 Å². The van der Waals surface area contributed by atoms with Crippen LogP contribution in [0.4, 0.5) is 5.82 Å². The molecule has 0 radical (unpaired) electrons. The molecule has 1 atom stereocenters. The van der Waals surface area contributed by atoms with Gasteiger partial charge >= 0.3 is 0 Å². The van der Waals surface area contributed by atoms with Crippen LogP contribution in [0.1, 0.15) is 6.42 Å². The zero-order chi connectivity index (χ0) is 10.8.